The number of thiophene rings is 1. The Balaban J connectivity index is 2.38. The van der Waals surface area contributed by atoms with Crippen molar-refractivity contribution in [2.75, 3.05) is 39.3 Å². The number of carbonyl (C=O) groups is 1. The number of ether oxygens (including phenoxy) is 1. The Morgan fingerprint density at radius 1 is 1.45 bits per heavy atom. The van der Waals surface area contributed by atoms with Crippen molar-refractivity contribution in [3.8, 4) is 0 Å². The third kappa shape index (κ3) is 2.88. The summed E-state index contributed by atoms with van der Waals surface area (Å²) in [5.74, 6) is 0.677. The molecule has 0 radical (unpaired) electrons. The molecule has 2 rings (SSSR count). The van der Waals surface area contributed by atoms with Gasteiger partial charge in [0, 0.05) is 38.0 Å². The number of fused-ring (bicyclic) bond motifs is 1. The lowest BCUT2D eigenvalue weighted by atomic mass is 10.2. The standard InChI is InChI=1S/C13H18N4O2S/c1-8-10-9(7-20-8)15-11(16-12(10)17(2)3)13(18)14-5-6-19-4/h7H,5-6H2,1-4H3,(H,14,18). The first-order valence-electron chi connectivity index (χ1n) is 6.25. The second-order valence-corrected chi connectivity index (χ2v) is 5.65. The molecule has 0 saturated heterocycles. The molecule has 2 aromatic rings. The van der Waals surface area contributed by atoms with Crippen molar-refractivity contribution in [2.24, 2.45) is 0 Å². The van der Waals surface area contributed by atoms with Gasteiger partial charge < -0.3 is 15.0 Å². The molecule has 2 heterocycles. The van der Waals surface area contributed by atoms with Gasteiger partial charge in [-0.2, -0.15) is 0 Å². The van der Waals surface area contributed by atoms with Gasteiger partial charge >= 0.3 is 0 Å². The van der Waals surface area contributed by atoms with Gasteiger partial charge in [0.2, 0.25) is 5.82 Å². The Hall–Kier alpha value is -1.73. The van der Waals surface area contributed by atoms with E-state index >= 15 is 0 Å². The fourth-order valence-corrected chi connectivity index (χ4v) is 2.64. The number of amides is 1. The van der Waals surface area contributed by atoms with Gasteiger partial charge in [-0.05, 0) is 6.92 Å². The van der Waals surface area contributed by atoms with Gasteiger partial charge in [0.15, 0.2) is 0 Å². The molecule has 7 heteroatoms. The second kappa shape index (κ2) is 6.15. The van der Waals surface area contributed by atoms with Gasteiger partial charge in [0.05, 0.1) is 17.5 Å². The molecule has 0 aliphatic rings. The van der Waals surface area contributed by atoms with Crippen LogP contribution in [0, 0.1) is 6.92 Å². The van der Waals surface area contributed by atoms with Crippen LogP contribution in [0.5, 0.6) is 0 Å². The zero-order valence-corrected chi connectivity index (χ0v) is 12.9. The molecule has 108 valence electrons. The maximum Gasteiger partial charge on any atom is 0.289 e. The molecule has 0 aliphatic heterocycles. The third-order valence-corrected chi connectivity index (χ3v) is 3.73. The molecule has 0 aromatic carbocycles. The number of aromatic nitrogens is 2. The summed E-state index contributed by atoms with van der Waals surface area (Å²) in [6.45, 7) is 2.93. The van der Waals surface area contributed by atoms with Crippen molar-refractivity contribution >= 4 is 34.0 Å². The van der Waals surface area contributed by atoms with E-state index < -0.39 is 0 Å². The zero-order valence-electron chi connectivity index (χ0n) is 12.1. The Bertz CT molecular complexity index is 624. The number of hydrogen-bond acceptors (Lipinski definition) is 6. The van der Waals surface area contributed by atoms with E-state index in [4.69, 9.17) is 4.74 Å². The maximum absolute atomic E-state index is 12.0. The number of methoxy groups -OCH3 is 1. The van der Waals surface area contributed by atoms with Crippen LogP contribution in [0.2, 0.25) is 0 Å². The maximum atomic E-state index is 12.0. The minimum absolute atomic E-state index is 0.190. The molecule has 0 unspecified atom stereocenters. The molecule has 6 nitrogen and oxygen atoms in total. The highest BCUT2D eigenvalue weighted by Crippen LogP contribution is 2.30. The SMILES string of the molecule is COCCNC(=O)c1nc(N(C)C)c2c(C)scc2n1. The summed E-state index contributed by atoms with van der Waals surface area (Å²) in [5, 5.41) is 5.69. The van der Waals surface area contributed by atoms with Crippen LogP contribution in [-0.2, 0) is 4.74 Å². The predicted molar refractivity (Wildman–Crippen MR) is 80.7 cm³/mol. The van der Waals surface area contributed by atoms with Crippen LogP contribution in [0.4, 0.5) is 5.82 Å². The van der Waals surface area contributed by atoms with Crippen molar-refractivity contribution in [3.63, 3.8) is 0 Å². The lowest BCUT2D eigenvalue weighted by Gasteiger charge is -2.14. The van der Waals surface area contributed by atoms with Crippen LogP contribution in [-0.4, -0.2) is 50.2 Å². The number of anilines is 1. The number of nitrogens with zero attached hydrogens (tertiary/aromatic N) is 3. The summed E-state index contributed by atoms with van der Waals surface area (Å²) >= 11 is 1.61. The Labute approximate surface area is 121 Å². The lowest BCUT2D eigenvalue weighted by Crippen LogP contribution is -2.29. The number of aryl methyl sites for hydroxylation is 1. The Morgan fingerprint density at radius 2 is 2.20 bits per heavy atom. The first-order valence-corrected chi connectivity index (χ1v) is 7.13. The number of nitrogens with one attached hydrogen (secondary N) is 1. The van der Waals surface area contributed by atoms with Gasteiger partial charge in [-0.15, -0.1) is 11.3 Å². The minimum atomic E-state index is -0.282. The van der Waals surface area contributed by atoms with E-state index in [1.165, 1.54) is 0 Å². The van der Waals surface area contributed by atoms with Crippen LogP contribution in [0.15, 0.2) is 5.38 Å². The Morgan fingerprint density at radius 3 is 2.85 bits per heavy atom. The fraction of sp³-hybridized carbons (Fsp3) is 0.462. The van der Waals surface area contributed by atoms with Crippen molar-refractivity contribution in [2.45, 2.75) is 6.92 Å². The number of rotatable bonds is 5. The predicted octanol–water partition coefficient (Wildman–Crippen LogP) is 1.44. The summed E-state index contributed by atoms with van der Waals surface area (Å²) in [6, 6.07) is 0. The van der Waals surface area contributed by atoms with E-state index in [2.05, 4.69) is 15.3 Å². The van der Waals surface area contributed by atoms with Gasteiger partial charge in [-0.1, -0.05) is 0 Å². The van der Waals surface area contributed by atoms with E-state index in [0.717, 1.165) is 21.6 Å². The van der Waals surface area contributed by atoms with E-state index in [9.17, 15) is 4.79 Å². The fourth-order valence-electron chi connectivity index (χ4n) is 1.86. The first kappa shape index (κ1) is 14.7. The summed E-state index contributed by atoms with van der Waals surface area (Å²) in [6.07, 6.45) is 0. The number of carbonyl (C=O) groups excluding carboxylic acids is 1. The molecule has 1 N–H and O–H groups in total. The molecule has 0 saturated carbocycles. The summed E-state index contributed by atoms with van der Waals surface area (Å²) < 4.78 is 4.90. The molecular formula is C13H18N4O2S. The van der Waals surface area contributed by atoms with Gasteiger partial charge in [-0.25, -0.2) is 9.97 Å². The molecule has 0 bridgehead atoms. The van der Waals surface area contributed by atoms with Crippen LogP contribution < -0.4 is 10.2 Å². The molecule has 0 spiro atoms. The molecule has 0 fully saturated rings. The van der Waals surface area contributed by atoms with Crippen molar-refractivity contribution in [1.29, 1.82) is 0 Å². The molecule has 0 aliphatic carbocycles. The second-order valence-electron chi connectivity index (χ2n) is 4.57. The largest absolute Gasteiger partial charge is 0.383 e. The smallest absolute Gasteiger partial charge is 0.289 e. The lowest BCUT2D eigenvalue weighted by molar-refractivity contribution is 0.0927. The molecule has 20 heavy (non-hydrogen) atoms. The highest BCUT2D eigenvalue weighted by Gasteiger charge is 2.17. The third-order valence-electron chi connectivity index (χ3n) is 2.84. The monoisotopic (exact) mass is 294 g/mol. The zero-order chi connectivity index (χ0) is 14.7. The number of hydrogen-bond donors (Lipinski definition) is 1. The average Bonchev–Trinajstić information content (AvgIpc) is 2.79. The van der Waals surface area contributed by atoms with E-state index in [-0.39, 0.29) is 11.7 Å². The van der Waals surface area contributed by atoms with Crippen LogP contribution in [0.25, 0.3) is 10.9 Å². The van der Waals surface area contributed by atoms with Crippen molar-refractivity contribution in [1.82, 2.24) is 15.3 Å². The Kier molecular flexibility index (Phi) is 4.51. The van der Waals surface area contributed by atoms with Crippen LogP contribution in [0.1, 0.15) is 15.5 Å². The summed E-state index contributed by atoms with van der Waals surface area (Å²) in [5.41, 5.74) is 0.808. The van der Waals surface area contributed by atoms with E-state index in [1.54, 1.807) is 18.4 Å². The topological polar surface area (TPSA) is 67.3 Å². The van der Waals surface area contributed by atoms with Gasteiger partial charge in [0.25, 0.3) is 5.91 Å². The summed E-state index contributed by atoms with van der Waals surface area (Å²) in [4.78, 5) is 23.8. The van der Waals surface area contributed by atoms with Crippen molar-refractivity contribution < 1.29 is 9.53 Å². The quantitative estimate of drug-likeness (QED) is 0.845. The van der Waals surface area contributed by atoms with Crippen LogP contribution >= 0.6 is 11.3 Å². The normalized spacial score (nSPS) is 10.8. The van der Waals surface area contributed by atoms with Crippen molar-refractivity contribution in [3.05, 3.63) is 16.1 Å². The van der Waals surface area contributed by atoms with Crippen LogP contribution in [0.3, 0.4) is 0 Å². The summed E-state index contributed by atoms with van der Waals surface area (Å²) in [7, 11) is 5.41. The van der Waals surface area contributed by atoms with E-state index in [0.29, 0.717) is 13.2 Å². The van der Waals surface area contributed by atoms with Gasteiger partial charge in [0.1, 0.15) is 5.82 Å². The highest BCUT2D eigenvalue weighted by atomic mass is 32.1. The molecule has 0 atom stereocenters. The molecule has 2 aromatic heterocycles. The molecule has 1 amide bonds. The molecular weight excluding hydrogens is 276 g/mol. The van der Waals surface area contributed by atoms with E-state index in [1.807, 2.05) is 31.3 Å². The first-order chi connectivity index (χ1) is 9.54. The van der Waals surface area contributed by atoms with Gasteiger partial charge in [-0.3, -0.25) is 4.79 Å². The minimum Gasteiger partial charge on any atom is -0.383 e. The average molecular weight is 294 g/mol. The highest BCUT2D eigenvalue weighted by molar-refractivity contribution is 7.11.